The fourth-order valence-corrected chi connectivity index (χ4v) is 2.86. The smallest absolute Gasteiger partial charge is 0.310 e. The zero-order valence-electron chi connectivity index (χ0n) is 9.45. The van der Waals surface area contributed by atoms with E-state index < -0.39 is 0 Å². The average Bonchev–Trinajstić information content (AvgIpc) is 2.84. The summed E-state index contributed by atoms with van der Waals surface area (Å²) in [6.45, 7) is 0. The molecule has 2 fully saturated rings. The van der Waals surface area contributed by atoms with Crippen molar-refractivity contribution in [2.24, 2.45) is 17.3 Å². The van der Waals surface area contributed by atoms with Crippen LogP contribution >= 0.6 is 0 Å². The van der Waals surface area contributed by atoms with Crippen molar-refractivity contribution < 1.29 is 14.3 Å². The van der Waals surface area contributed by atoms with Crippen LogP contribution in [0.2, 0.25) is 0 Å². The lowest BCUT2D eigenvalue weighted by Gasteiger charge is -2.27. The van der Waals surface area contributed by atoms with E-state index in [9.17, 15) is 9.59 Å². The molecule has 0 aromatic carbocycles. The molecule has 2 unspecified atom stereocenters. The van der Waals surface area contributed by atoms with Crippen LogP contribution in [0.25, 0.3) is 0 Å². The Morgan fingerprint density at radius 2 is 1.87 bits per heavy atom. The molecule has 2 rings (SSSR count). The molecule has 4 heteroatoms. The van der Waals surface area contributed by atoms with Gasteiger partial charge in [0.15, 0.2) is 0 Å². The molecule has 1 amide bonds. The Morgan fingerprint density at radius 1 is 1.27 bits per heavy atom. The molecule has 15 heavy (non-hydrogen) atoms. The molecule has 0 bridgehead atoms. The van der Waals surface area contributed by atoms with Gasteiger partial charge in [0.2, 0.25) is 5.91 Å². The van der Waals surface area contributed by atoms with Gasteiger partial charge in [0.05, 0.1) is 18.9 Å². The van der Waals surface area contributed by atoms with E-state index in [4.69, 9.17) is 4.74 Å². The number of esters is 1. The highest BCUT2D eigenvalue weighted by Gasteiger charge is 2.73. The highest BCUT2D eigenvalue weighted by molar-refractivity contribution is 5.92. The molecule has 0 aromatic heterocycles. The summed E-state index contributed by atoms with van der Waals surface area (Å²) in [7, 11) is 4.87. The molecule has 2 aliphatic rings. The maximum absolute atomic E-state index is 11.9. The first-order valence-electron chi connectivity index (χ1n) is 5.33. The summed E-state index contributed by atoms with van der Waals surface area (Å²) in [6.07, 6.45) is 3.12. The number of rotatable bonds is 2. The second kappa shape index (κ2) is 3.22. The quantitative estimate of drug-likeness (QED) is 0.630. The van der Waals surface area contributed by atoms with Gasteiger partial charge in [-0.2, -0.15) is 0 Å². The molecule has 0 N–H and O–H groups in total. The van der Waals surface area contributed by atoms with Crippen molar-refractivity contribution in [1.29, 1.82) is 0 Å². The number of carbonyl (C=O) groups excluding carboxylic acids is 2. The second-order valence-corrected chi connectivity index (χ2v) is 4.80. The van der Waals surface area contributed by atoms with Gasteiger partial charge >= 0.3 is 5.97 Å². The zero-order valence-corrected chi connectivity index (χ0v) is 9.45. The van der Waals surface area contributed by atoms with Crippen molar-refractivity contribution in [3.8, 4) is 0 Å². The van der Waals surface area contributed by atoms with Crippen LogP contribution < -0.4 is 0 Å². The highest BCUT2D eigenvalue weighted by Crippen LogP contribution is 2.70. The zero-order chi connectivity index (χ0) is 11.2. The van der Waals surface area contributed by atoms with E-state index >= 15 is 0 Å². The number of methoxy groups -OCH3 is 1. The number of amides is 1. The molecule has 0 heterocycles. The summed E-state index contributed by atoms with van der Waals surface area (Å²) in [4.78, 5) is 25.0. The molecule has 2 aliphatic carbocycles. The van der Waals surface area contributed by atoms with Crippen molar-refractivity contribution in [2.45, 2.75) is 19.3 Å². The van der Waals surface area contributed by atoms with Crippen LogP contribution in [0.4, 0.5) is 0 Å². The van der Waals surface area contributed by atoms with E-state index in [-0.39, 0.29) is 29.1 Å². The maximum atomic E-state index is 11.9. The average molecular weight is 211 g/mol. The van der Waals surface area contributed by atoms with Crippen LogP contribution in [0, 0.1) is 17.3 Å². The van der Waals surface area contributed by atoms with E-state index in [0.717, 1.165) is 19.3 Å². The molecular weight excluding hydrogens is 194 g/mol. The first-order valence-corrected chi connectivity index (χ1v) is 5.33. The van der Waals surface area contributed by atoms with Crippen LogP contribution in [0.5, 0.6) is 0 Å². The Labute approximate surface area is 89.6 Å². The lowest BCUT2D eigenvalue weighted by Crippen LogP contribution is -2.28. The minimum absolute atomic E-state index is 0.0333. The third-order valence-electron chi connectivity index (χ3n) is 3.91. The van der Waals surface area contributed by atoms with E-state index in [0.29, 0.717) is 0 Å². The lowest BCUT2D eigenvalue weighted by molar-refractivity contribution is -0.145. The Morgan fingerprint density at radius 3 is 2.20 bits per heavy atom. The van der Waals surface area contributed by atoms with Gasteiger partial charge in [0.1, 0.15) is 0 Å². The minimum atomic E-state index is -0.213. The van der Waals surface area contributed by atoms with Gasteiger partial charge in [-0.3, -0.25) is 9.59 Å². The summed E-state index contributed by atoms with van der Waals surface area (Å²) >= 11 is 0. The van der Waals surface area contributed by atoms with Crippen LogP contribution in [-0.2, 0) is 14.3 Å². The number of carbonyl (C=O) groups is 2. The lowest BCUT2D eigenvalue weighted by atomic mass is 9.78. The Bertz CT molecular complexity index is 307. The fraction of sp³-hybridized carbons (Fsp3) is 0.818. The molecular formula is C11H17NO3. The van der Waals surface area contributed by atoms with E-state index in [2.05, 4.69) is 0 Å². The van der Waals surface area contributed by atoms with Gasteiger partial charge in [0, 0.05) is 14.1 Å². The molecule has 0 saturated heterocycles. The van der Waals surface area contributed by atoms with Gasteiger partial charge in [-0.05, 0) is 18.3 Å². The van der Waals surface area contributed by atoms with Crippen LogP contribution in [0.15, 0.2) is 0 Å². The number of ether oxygens (including phenoxy) is 1. The van der Waals surface area contributed by atoms with Crippen LogP contribution in [0.1, 0.15) is 19.3 Å². The molecule has 0 aromatic rings. The first kappa shape index (κ1) is 10.5. The van der Waals surface area contributed by atoms with Crippen LogP contribution in [0.3, 0.4) is 0 Å². The summed E-state index contributed by atoms with van der Waals surface area (Å²) in [6, 6.07) is 0. The van der Waals surface area contributed by atoms with Gasteiger partial charge in [-0.1, -0.05) is 6.42 Å². The van der Waals surface area contributed by atoms with E-state index in [1.54, 1.807) is 19.0 Å². The van der Waals surface area contributed by atoms with E-state index in [1.165, 1.54) is 7.11 Å². The number of hydrogen-bond donors (Lipinski definition) is 0. The molecule has 0 aliphatic heterocycles. The normalized spacial score (nSPS) is 30.6. The minimum Gasteiger partial charge on any atom is -0.469 e. The SMILES string of the molecule is COC(=O)C1C(C(=O)N(C)C)C12CCC2. The summed E-state index contributed by atoms with van der Waals surface area (Å²) < 4.78 is 4.76. The topological polar surface area (TPSA) is 46.6 Å². The molecule has 0 radical (unpaired) electrons. The van der Waals surface area contributed by atoms with Crippen molar-refractivity contribution in [1.82, 2.24) is 4.90 Å². The Balaban J connectivity index is 2.13. The van der Waals surface area contributed by atoms with Gasteiger partial charge in [0.25, 0.3) is 0 Å². The van der Waals surface area contributed by atoms with Gasteiger partial charge in [-0.25, -0.2) is 0 Å². The fourth-order valence-electron chi connectivity index (χ4n) is 2.86. The molecule has 2 saturated carbocycles. The molecule has 84 valence electrons. The molecule has 1 spiro atoms. The number of nitrogens with zero attached hydrogens (tertiary/aromatic N) is 1. The third kappa shape index (κ3) is 1.27. The summed E-state index contributed by atoms with van der Waals surface area (Å²) in [5.41, 5.74) is -0.0333. The Hall–Kier alpha value is -1.06. The summed E-state index contributed by atoms with van der Waals surface area (Å²) in [5, 5.41) is 0. The van der Waals surface area contributed by atoms with Gasteiger partial charge in [-0.15, -0.1) is 0 Å². The van der Waals surface area contributed by atoms with Crippen molar-refractivity contribution in [3.63, 3.8) is 0 Å². The standard InChI is InChI=1S/C11H17NO3/c1-12(2)9(13)7-8(10(14)15-3)11(7)5-4-6-11/h7-8H,4-6H2,1-3H3. The van der Waals surface area contributed by atoms with E-state index in [1.807, 2.05) is 0 Å². The Kier molecular flexibility index (Phi) is 2.24. The van der Waals surface area contributed by atoms with Gasteiger partial charge < -0.3 is 9.64 Å². The van der Waals surface area contributed by atoms with Crippen molar-refractivity contribution in [3.05, 3.63) is 0 Å². The monoisotopic (exact) mass is 211 g/mol. The second-order valence-electron chi connectivity index (χ2n) is 4.80. The van der Waals surface area contributed by atoms with Crippen LogP contribution in [-0.4, -0.2) is 38.0 Å². The maximum Gasteiger partial charge on any atom is 0.310 e. The predicted octanol–water partition coefficient (Wildman–Crippen LogP) is 0.664. The van der Waals surface area contributed by atoms with Crippen molar-refractivity contribution >= 4 is 11.9 Å². The highest BCUT2D eigenvalue weighted by atomic mass is 16.5. The van der Waals surface area contributed by atoms with Crippen molar-refractivity contribution in [2.75, 3.05) is 21.2 Å². The summed E-state index contributed by atoms with van der Waals surface area (Å²) in [5.74, 6) is -0.431. The molecule has 2 atom stereocenters. The molecule has 4 nitrogen and oxygen atoms in total. The number of hydrogen-bond acceptors (Lipinski definition) is 3. The largest absolute Gasteiger partial charge is 0.469 e. The predicted molar refractivity (Wildman–Crippen MR) is 54.0 cm³/mol. The third-order valence-corrected chi connectivity index (χ3v) is 3.91. The first-order chi connectivity index (χ1) is 7.04.